The van der Waals surface area contributed by atoms with E-state index in [9.17, 15) is 0 Å². The largest absolute Gasteiger partial charge is 0.429 e. The fraction of sp³-hybridized carbons (Fsp3) is 0.222. The third-order valence-corrected chi connectivity index (χ3v) is 2.10. The van der Waals surface area contributed by atoms with Crippen molar-refractivity contribution in [1.82, 2.24) is 4.98 Å². The summed E-state index contributed by atoms with van der Waals surface area (Å²) in [5.41, 5.74) is 2.87. The van der Waals surface area contributed by atoms with E-state index >= 15 is 0 Å². The number of aromatic nitrogens is 1. The molecular weight excluding hydrogens is 184 g/mol. The van der Waals surface area contributed by atoms with Crippen LogP contribution in [0, 0.1) is 4.84 Å². The lowest BCUT2D eigenvalue weighted by molar-refractivity contribution is 0.583. The van der Waals surface area contributed by atoms with Gasteiger partial charge in [0.05, 0.1) is 5.52 Å². The van der Waals surface area contributed by atoms with Crippen LogP contribution in [0.5, 0.6) is 0 Å². The Morgan fingerprint density at radius 1 is 1.38 bits per heavy atom. The third-order valence-electron chi connectivity index (χ3n) is 1.92. The molecular formula is C9H10N2OS. The molecule has 0 fully saturated rings. The van der Waals surface area contributed by atoms with E-state index in [0.29, 0.717) is 4.84 Å². The summed E-state index contributed by atoms with van der Waals surface area (Å²) in [6, 6.07) is 5.92. The zero-order valence-corrected chi connectivity index (χ0v) is 8.31. The molecule has 0 aliphatic heterocycles. The Hall–Kier alpha value is -1.29. The van der Waals surface area contributed by atoms with Gasteiger partial charge in [-0.15, -0.1) is 0 Å². The van der Waals surface area contributed by atoms with Crippen LogP contribution in [0.2, 0.25) is 0 Å². The van der Waals surface area contributed by atoms with Crippen molar-refractivity contribution in [3.63, 3.8) is 0 Å². The predicted octanol–water partition coefficient (Wildman–Crippen LogP) is 2.56. The molecule has 0 saturated heterocycles. The van der Waals surface area contributed by atoms with Crippen LogP contribution in [-0.2, 0) is 0 Å². The van der Waals surface area contributed by atoms with Crippen LogP contribution in [0.15, 0.2) is 22.6 Å². The van der Waals surface area contributed by atoms with E-state index in [4.69, 9.17) is 16.6 Å². The first-order chi connectivity index (χ1) is 6.16. The zero-order chi connectivity index (χ0) is 9.42. The molecule has 2 aromatic rings. The number of anilines is 1. The number of rotatable bonds is 1. The van der Waals surface area contributed by atoms with E-state index in [1.54, 1.807) is 0 Å². The molecule has 1 aromatic heterocycles. The van der Waals surface area contributed by atoms with Crippen LogP contribution in [-0.4, -0.2) is 19.1 Å². The second kappa shape index (κ2) is 2.88. The first-order valence-electron chi connectivity index (χ1n) is 3.97. The standard InChI is InChI=1S/C9H10N2OS/c1-11(2)6-3-4-8-7(5-6)10-9(13)12-8/h3-5H,1-2H3,(H,10,13). The van der Waals surface area contributed by atoms with Gasteiger partial charge in [0.1, 0.15) is 0 Å². The number of hydrogen-bond donors (Lipinski definition) is 1. The summed E-state index contributed by atoms with van der Waals surface area (Å²) < 4.78 is 5.24. The number of nitrogens with one attached hydrogen (secondary N) is 1. The summed E-state index contributed by atoms with van der Waals surface area (Å²) in [4.78, 5) is 5.43. The Balaban J connectivity index is 2.68. The van der Waals surface area contributed by atoms with Gasteiger partial charge in [-0.3, -0.25) is 0 Å². The van der Waals surface area contributed by atoms with Crippen LogP contribution in [0.4, 0.5) is 5.69 Å². The van der Waals surface area contributed by atoms with Gasteiger partial charge in [0.15, 0.2) is 5.58 Å². The molecule has 0 atom stereocenters. The molecule has 4 heteroatoms. The number of oxazole rings is 1. The van der Waals surface area contributed by atoms with E-state index in [2.05, 4.69) is 4.98 Å². The lowest BCUT2D eigenvalue weighted by Gasteiger charge is -2.11. The normalized spacial score (nSPS) is 10.6. The molecule has 0 radical (unpaired) electrons. The average molecular weight is 194 g/mol. The maximum Gasteiger partial charge on any atom is 0.266 e. The highest BCUT2D eigenvalue weighted by Crippen LogP contribution is 2.19. The van der Waals surface area contributed by atoms with Crippen LogP contribution < -0.4 is 4.90 Å². The van der Waals surface area contributed by atoms with Gasteiger partial charge >= 0.3 is 0 Å². The molecule has 0 unspecified atom stereocenters. The van der Waals surface area contributed by atoms with Gasteiger partial charge in [-0.1, -0.05) is 0 Å². The molecule has 0 bridgehead atoms. The molecule has 0 amide bonds. The minimum Gasteiger partial charge on any atom is -0.429 e. The average Bonchev–Trinajstić information content (AvgIpc) is 2.42. The molecule has 0 aliphatic rings. The van der Waals surface area contributed by atoms with Crippen molar-refractivity contribution >= 4 is 29.0 Å². The predicted molar refractivity (Wildman–Crippen MR) is 55.7 cm³/mol. The Kier molecular flexibility index (Phi) is 1.84. The molecule has 13 heavy (non-hydrogen) atoms. The van der Waals surface area contributed by atoms with Crippen LogP contribution in [0.25, 0.3) is 11.1 Å². The Morgan fingerprint density at radius 2 is 2.15 bits per heavy atom. The van der Waals surface area contributed by atoms with Crippen molar-refractivity contribution in [3.8, 4) is 0 Å². The smallest absolute Gasteiger partial charge is 0.266 e. The van der Waals surface area contributed by atoms with Gasteiger partial charge in [0.2, 0.25) is 0 Å². The monoisotopic (exact) mass is 194 g/mol. The number of nitrogens with zero attached hydrogens (tertiary/aromatic N) is 1. The quantitative estimate of drug-likeness (QED) is 0.708. The maximum absolute atomic E-state index is 5.24. The molecule has 3 nitrogen and oxygen atoms in total. The summed E-state index contributed by atoms with van der Waals surface area (Å²) in [5, 5.41) is 0. The molecule has 0 aliphatic carbocycles. The van der Waals surface area contributed by atoms with E-state index in [1.807, 2.05) is 37.2 Å². The van der Waals surface area contributed by atoms with Crippen molar-refractivity contribution in [2.75, 3.05) is 19.0 Å². The van der Waals surface area contributed by atoms with Crippen molar-refractivity contribution < 1.29 is 4.42 Å². The van der Waals surface area contributed by atoms with Crippen LogP contribution in [0.3, 0.4) is 0 Å². The highest BCUT2D eigenvalue weighted by atomic mass is 32.1. The minimum atomic E-state index is 0.422. The molecule has 0 spiro atoms. The molecule has 1 N–H and O–H groups in total. The van der Waals surface area contributed by atoms with Gasteiger partial charge < -0.3 is 14.3 Å². The van der Waals surface area contributed by atoms with Gasteiger partial charge in [-0.2, -0.15) is 0 Å². The first-order valence-corrected chi connectivity index (χ1v) is 4.38. The Morgan fingerprint density at radius 3 is 2.85 bits per heavy atom. The maximum atomic E-state index is 5.24. The fourth-order valence-corrected chi connectivity index (χ4v) is 1.42. The lowest BCUT2D eigenvalue weighted by Crippen LogP contribution is -2.07. The molecule has 1 heterocycles. The highest BCUT2D eigenvalue weighted by Gasteiger charge is 2.00. The highest BCUT2D eigenvalue weighted by molar-refractivity contribution is 7.71. The summed E-state index contributed by atoms with van der Waals surface area (Å²) in [6.07, 6.45) is 0. The summed E-state index contributed by atoms with van der Waals surface area (Å²) in [7, 11) is 3.99. The second-order valence-electron chi connectivity index (χ2n) is 3.09. The van der Waals surface area contributed by atoms with Crippen LogP contribution in [0.1, 0.15) is 0 Å². The van der Waals surface area contributed by atoms with Gasteiger partial charge in [-0.25, -0.2) is 0 Å². The number of benzene rings is 1. The van der Waals surface area contributed by atoms with Crippen LogP contribution >= 0.6 is 12.2 Å². The van der Waals surface area contributed by atoms with Crippen molar-refractivity contribution in [2.45, 2.75) is 0 Å². The second-order valence-corrected chi connectivity index (χ2v) is 3.46. The lowest BCUT2D eigenvalue weighted by atomic mass is 10.3. The summed E-state index contributed by atoms with van der Waals surface area (Å²) in [6.45, 7) is 0. The van der Waals surface area contributed by atoms with Gasteiger partial charge in [0.25, 0.3) is 4.84 Å². The number of H-pyrrole nitrogens is 1. The zero-order valence-electron chi connectivity index (χ0n) is 7.50. The third kappa shape index (κ3) is 1.45. The Bertz CT molecular complexity index is 484. The Labute approximate surface area is 81.0 Å². The SMILES string of the molecule is CN(C)c1ccc2oc(=S)[nH]c2c1. The summed E-state index contributed by atoms with van der Waals surface area (Å²) >= 11 is 4.89. The molecule has 0 saturated carbocycles. The minimum absolute atomic E-state index is 0.422. The van der Waals surface area contributed by atoms with Crippen molar-refractivity contribution in [2.24, 2.45) is 0 Å². The van der Waals surface area contributed by atoms with E-state index in [1.165, 1.54) is 0 Å². The molecule has 68 valence electrons. The summed E-state index contributed by atoms with van der Waals surface area (Å²) in [5.74, 6) is 0. The molecule has 1 aromatic carbocycles. The number of fused-ring (bicyclic) bond motifs is 1. The molecule has 2 rings (SSSR count). The van der Waals surface area contributed by atoms with E-state index in [0.717, 1.165) is 16.8 Å². The topological polar surface area (TPSA) is 32.2 Å². The number of hydrogen-bond acceptors (Lipinski definition) is 3. The van der Waals surface area contributed by atoms with Gasteiger partial charge in [-0.05, 0) is 30.4 Å². The van der Waals surface area contributed by atoms with Crippen molar-refractivity contribution in [3.05, 3.63) is 23.0 Å². The fourth-order valence-electron chi connectivity index (χ4n) is 1.22. The first kappa shape index (κ1) is 8.31. The number of aromatic amines is 1. The van der Waals surface area contributed by atoms with E-state index < -0.39 is 0 Å². The van der Waals surface area contributed by atoms with Crippen molar-refractivity contribution in [1.29, 1.82) is 0 Å². The van der Waals surface area contributed by atoms with Gasteiger partial charge in [0, 0.05) is 19.8 Å². The van der Waals surface area contributed by atoms with E-state index in [-0.39, 0.29) is 0 Å².